The number of rotatable bonds is 2. The Labute approximate surface area is 110 Å². The predicted octanol–water partition coefficient (Wildman–Crippen LogP) is 4.17. The molecule has 0 N–H and O–H groups in total. The molecule has 0 amide bonds. The van der Waals surface area contributed by atoms with Crippen LogP contribution in [0.5, 0.6) is 0 Å². The molecule has 0 aliphatic heterocycles. The summed E-state index contributed by atoms with van der Waals surface area (Å²) in [5, 5.41) is 0. The average Bonchev–Trinajstić information content (AvgIpc) is 2.75. The first-order valence-electron chi connectivity index (χ1n) is 5.95. The second kappa shape index (κ2) is 4.75. The van der Waals surface area contributed by atoms with Gasteiger partial charge < -0.3 is 0 Å². The predicted molar refractivity (Wildman–Crippen MR) is 71.9 cm³/mol. The Bertz CT molecular complexity index is 460. The van der Waals surface area contributed by atoms with Crippen LogP contribution < -0.4 is 0 Å². The van der Waals surface area contributed by atoms with Crippen LogP contribution in [0.15, 0.2) is 21.6 Å². The van der Waals surface area contributed by atoms with Gasteiger partial charge in [-0.2, -0.15) is 4.99 Å². The molecule has 1 aliphatic carbocycles. The highest BCUT2D eigenvalue weighted by molar-refractivity contribution is 9.10. The Balaban J connectivity index is 2.54. The fraction of sp³-hybridized carbons (Fsp3) is 0.500. The first kappa shape index (κ1) is 12.5. The lowest BCUT2D eigenvalue weighted by molar-refractivity contribution is 0.455. The van der Waals surface area contributed by atoms with Crippen LogP contribution >= 0.6 is 15.9 Å². The molecule has 1 saturated carbocycles. The molecule has 1 aromatic rings. The lowest BCUT2D eigenvalue weighted by Crippen LogP contribution is -2.19. The van der Waals surface area contributed by atoms with Gasteiger partial charge in [0.25, 0.3) is 0 Å². The van der Waals surface area contributed by atoms with Gasteiger partial charge in [-0.05, 0) is 49.4 Å². The van der Waals surface area contributed by atoms with Gasteiger partial charge in [0.05, 0.1) is 5.54 Å². The van der Waals surface area contributed by atoms with Crippen molar-refractivity contribution in [3.63, 3.8) is 0 Å². The summed E-state index contributed by atoms with van der Waals surface area (Å²) in [6.45, 7) is 4.18. The van der Waals surface area contributed by atoms with E-state index in [0.29, 0.717) is 0 Å². The van der Waals surface area contributed by atoms with Crippen LogP contribution in [-0.4, -0.2) is 6.08 Å². The van der Waals surface area contributed by atoms with E-state index < -0.39 is 0 Å². The zero-order valence-electron chi connectivity index (χ0n) is 10.2. The molecule has 0 atom stereocenters. The van der Waals surface area contributed by atoms with Gasteiger partial charge in [-0.15, -0.1) is 0 Å². The fourth-order valence-electron chi connectivity index (χ4n) is 2.60. The van der Waals surface area contributed by atoms with Gasteiger partial charge in [0.2, 0.25) is 6.08 Å². The second-order valence-corrected chi connectivity index (χ2v) is 5.70. The molecular formula is C14H16BrNO. The third kappa shape index (κ3) is 2.22. The third-order valence-corrected chi connectivity index (χ3v) is 4.66. The van der Waals surface area contributed by atoms with Gasteiger partial charge in [-0.1, -0.05) is 34.8 Å². The first-order valence-corrected chi connectivity index (χ1v) is 6.75. The second-order valence-electron chi connectivity index (χ2n) is 4.84. The van der Waals surface area contributed by atoms with Gasteiger partial charge in [0.1, 0.15) is 0 Å². The van der Waals surface area contributed by atoms with Crippen molar-refractivity contribution in [3.8, 4) is 0 Å². The Morgan fingerprint density at radius 3 is 2.47 bits per heavy atom. The normalized spacial score (nSPS) is 17.8. The van der Waals surface area contributed by atoms with Gasteiger partial charge in [0.15, 0.2) is 0 Å². The zero-order chi connectivity index (χ0) is 12.5. The van der Waals surface area contributed by atoms with E-state index in [-0.39, 0.29) is 5.54 Å². The van der Waals surface area contributed by atoms with Crippen LogP contribution in [-0.2, 0) is 10.3 Å². The van der Waals surface area contributed by atoms with Gasteiger partial charge >= 0.3 is 0 Å². The molecule has 0 bridgehead atoms. The molecule has 0 saturated heterocycles. The highest BCUT2D eigenvalue weighted by atomic mass is 79.9. The molecule has 1 aromatic carbocycles. The molecule has 90 valence electrons. The summed E-state index contributed by atoms with van der Waals surface area (Å²) in [6.07, 6.45) is 5.94. The van der Waals surface area contributed by atoms with E-state index in [2.05, 4.69) is 46.9 Å². The number of hydrogen-bond donors (Lipinski definition) is 0. The number of aliphatic imine (C=N–C) groups is 1. The van der Waals surface area contributed by atoms with E-state index in [4.69, 9.17) is 0 Å². The van der Waals surface area contributed by atoms with Crippen LogP contribution in [0.3, 0.4) is 0 Å². The summed E-state index contributed by atoms with van der Waals surface area (Å²) in [5.41, 5.74) is 3.31. The van der Waals surface area contributed by atoms with Gasteiger partial charge in [-0.25, -0.2) is 4.79 Å². The molecule has 0 spiro atoms. The number of benzene rings is 1. The van der Waals surface area contributed by atoms with Crippen molar-refractivity contribution in [1.82, 2.24) is 0 Å². The number of nitrogens with zero attached hydrogens (tertiary/aromatic N) is 1. The Hall–Kier alpha value is -0.920. The molecule has 0 aromatic heterocycles. The Morgan fingerprint density at radius 1 is 1.29 bits per heavy atom. The minimum Gasteiger partial charge on any atom is -0.211 e. The van der Waals surface area contributed by atoms with E-state index >= 15 is 0 Å². The van der Waals surface area contributed by atoms with E-state index in [1.807, 2.05) is 0 Å². The molecule has 0 radical (unpaired) electrons. The molecular weight excluding hydrogens is 278 g/mol. The largest absolute Gasteiger partial charge is 0.235 e. The maximum Gasteiger partial charge on any atom is 0.235 e. The fourth-order valence-corrected chi connectivity index (χ4v) is 3.16. The number of carbonyl (C=O) groups excluding carboxylic acids is 1. The molecule has 0 unspecified atom stereocenters. The number of halogens is 1. The van der Waals surface area contributed by atoms with E-state index in [1.54, 1.807) is 6.08 Å². The van der Waals surface area contributed by atoms with Crippen molar-refractivity contribution in [2.45, 2.75) is 45.1 Å². The lowest BCUT2D eigenvalue weighted by atomic mass is 9.87. The van der Waals surface area contributed by atoms with E-state index in [9.17, 15) is 4.79 Å². The van der Waals surface area contributed by atoms with Crippen LogP contribution in [0.1, 0.15) is 42.4 Å². The standard InChI is InChI=1S/C14H16BrNO/c1-10-7-12(8-13(15)11(10)2)14(16-9-17)5-3-4-6-14/h7-8H,3-6H2,1-2H3. The molecule has 2 rings (SSSR count). The topological polar surface area (TPSA) is 29.4 Å². The smallest absolute Gasteiger partial charge is 0.211 e. The number of aryl methyl sites for hydroxylation is 1. The van der Waals surface area contributed by atoms with Gasteiger partial charge in [0, 0.05) is 4.47 Å². The Kier molecular flexibility index (Phi) is 3.50. The van der Waals surface area contributed by atoms with E-state index in [0.717, 1.165) is 35.7 Å². The molecule has 3 heteroatoms. The highest BCUT2D eigenvalue weighted by Gasteiger charge is 2.36. The van der Waals surface area contributed by atoms with Crippen molar-refractivity contribution in [3.05, 3.63) is 33.3 Å². The van der Waals surface area contributed by atoms with Crippen LogP contribution in [0, 0.1) is 13.8 Å². The number of hydrogen-bond acceptors (Lipinski definition) is 2. The van der Waals surface area contributed by atoms with Gasteiger partial charge in [-0.3, -0.25) is 0 Å². The van der Waals surface area contributed by atoms with Crippen LogP contribution in [0.2, 0.25) is 0 Å². The third-order valence-electron chi connectivity index (χ3n) is 3.83. The van der Waals surface area contributed by atoms with Crippen molar-refractivity contribution in [1.29, 1.82) is 0 Å². The summed E-state index contributed by atoms with van der Waals surface area (Å²) in [4.78, 5) is 14.8. The van der Waals surface area contributed by atoms with Crippen molar-refractivity contribution >= 4 is 22.0 Å². The minimum absolute atomic E-state index is 0.317. The summed E-state index contributed by atoms with van der Waals surface area (Å²) in [7, 11) is 0. The Morgan fingerprint density at radius 2 is 1.94 bits per heavy atom. The maximum atomic E-state index is 10.7. The molecule has 17 heavy (non-hydrogen) atoms. The van der Waals surface area contributed by atoms with E-state index in [1.165, 1.54) is 11.1 Å². The lowest BCUT2D eigenvalue weighted by Gasteiger charge is -2.24. The minimum atomic E-state index is -0.317. The quantitative estimate of drug-likeness (QED) is 0.594. The summed E-state index contributed by atoms with van der Waals surface area (Å²) >= 11 is 3.58. The van der Waals surface area contributed by atoms with Crippen molar-refractivity contribution < 1.29 is 4.79 Å². The molecule has 1 aliphatic rings. The van der Waals surface area contributed by atoms with Crippen molar-refractivity contribution in [2.75, 3.05) is 0 Å². The summed E-state index contributed by atoms with van der Waals surface area (Å²) in [6, 6.07) is 4.26. The monoisotopic (exact) mass is 293 g/mol. The first-order chi connectivity index (χ1) is 8.09. The summed E-state index contributed by atoms with van der Waals surface area (Å²) < 4.78 is 1.10. The average molecular weight is 294 g/mol. The highest BCUT2D eigenvalue weighted by Crippen LogP contribution is 2.43. The van der Waals surface area contributed by atoms with Crippen molar-refractivity contribution in [2.24, 2.45) is 4.99 Å². The zero-order valence-corrected chi connectivity index (χ0v) is 11.8. The molecule has 1 fully saturated rings. The molecule has 2 nitrogen and oxygen atoms in total. The summed E-state index contributed by atoms with van der Waals surface area (Å²) in [5.74, 6) is 0. The van der Waals surface area contributed by atoms with Crippen LogP contribution in [0.4, 0.5) is 0 Å². The SMILES string of the molecule is Cc1cc(C2(N=C=O)CCCC2)cc(Br)c1C. The van der Waals surface area contributed by atoms with Crippen LogP contribution in [0.25, 0.3) is 0 Å². The maximum absolute atomic E-state index is 10.7. The number of isocyanates is 1. The molecule has 0 heterocycles.